The number of aliphatic carboxylic acids is 1. The molecule has 20 aromatic rings. The van der Waals surface area contributed by atoms with Gasteiger partial charge < -0.3 is 25.9 Å². The van der Waals surface area contributed by atoms with E-state index in [0.717, 1.165) is 164 Å². The number of rotatable bonds is 14. The number of Topliss-reactive ketones (excluding diaryl/α,β-unsaturated/α-hetero) is 2. The van der Waals surface area contributed by atoms with E-state index in [1.807, 2.05) is 206 Å². The highest BCUT2D eigenvalue weighted by atomic mass is 35.5. The lowest BCUT2D eigenvalue weighted by Gasteiger charge is -2.32. The molecule has 0 radical (unpaired) electrons. The molecule has 5 N–H and O–H groups in total. The fourth-order valence-corrected chi connectivity index (χ4v) is 16.9. The molecule has 0 amide bonds. The third-order valence-electron chi connectivity index (χ3n) is 22.9. The molecule has 22 rings (SSSR count). The molecule has 0 spiro atoms. The summed E-state index contributed by atoms with van der Waals surface area (Å²) in [4.78, 5) is 94.0. The number of carbonyl (C=O) groups is 4. The van der Waals surface area contributed by atoms with E-state index in [1.54, 1.807) is 79.5 Å². The SMILES string of the molecule is CC(=O)O.CC1(C)OB(c2ccc3c(c2)c2ccccc2n2c(-c4ccccn4)c(-c4ccccn4)nc32)OC1(C)C.Clc1ccc(C2=NC(c3ccccn3)C(c3ccccn3)N2)c(-c2ccccc2Cl)c1.Clc1ccc2c(c1)c1ccccc1n1c(-c3ccccn3)c(-c3ccccn3)nc21.N.O=C(C(=O)c1ccccn1)c1ccccn1.O=Cc1ccc(Cl)cc1-c1ccccc1Cl. The Morgan fingerprint density at radius 1 is 0.390 bits per heavy atom. The number of halogens is 5. The standard InChI is InChI=1S/C31H27BN4O2.C25H18Cl2N4.C25H15ClN4.C13H8Cl2O.C12H8N2O2.C2H4O2.H3N/c1-30(2)31(3,4)38-32(37-30)20-15-16-22-23(19-20)21-11-5-6-14-26(21)36-28(25-13-8-10-18-34-25)27(35-29(22)36)24-12-7-9-17-33-24;26-16-11-12-18(19(15-16)17-7-1-2-8-20(17)27)25-30-23(21-9-3-5-13-28-21)24(31-25)22-10-4-6-14-29-22;26-16-11-12-18-19(15-16)17-7-1-2-10-22(17)30-24(21-9-4-6-14-28-21)23(29-25(18)30)20-8-3-5-13-27-20;14-10-6-5-9(8-16)12(7-10)11-3-1-2-4-13(11)15;15-11(9-5-1-3-7-13-9)12(16)10-6-2-4-8-14-10;1-2(3)4;/h5-19H,1-4H3;1-15,23-24H,(H,30,31);1-15H;2*1-8H;1H3,(H,3,4);1H3. The number of amidine groups is 1. The Hall–Kier alpha value is -15.3. The first-order valence-electron chi connectivity index (χ1n) is 42.8. The van der Waals surface area contributed by atoms with E-state index in [-0.39, 0.29) is 29.6 Å². The van der Waals surface area contributed by atoms with Crippen LogP contribution in [0.1, 0.15) is 95.0 Å². The van der Waals surface area contributed by atoms with Crippen molar-refractivity contribution >= 4 is 155 Å². The number of nitrogens with zero attached hydrogens (tertiary/aromatic N) is 13. The molecule has 670 valence electrons. The van der Waals surface area contributed by atoms with E-state index in [2.05, 4.69) is 131 Å². The highest BCUT2D eigenvalue weighted by Crippen LogP contribution is 2.45. The Kier molecular flexibility index (Phi) is 28.9. The number of hydrogen-bond donors (Lipinski definition) is 3. The van der Waals surface area contributed by atoms with Gasteiger partial charge in [-0.2, -0.15) is 0 Å². The van der Waals surface area contributed by atoms with Crippen LogP contribution in [0, 0.1) is 0 Å². The van der Waals surface area contributed by atoms with E-state index < -0.39 is 35.9 Å². The van der Waals surface area contributed by atoms with Crippen LogP contribution in [-0.4, -0.2) is 112 Å². The lowest BCUT2D eigenvalue weighted by atomic mass is 9.78. The van der Waals surface area contributed by atoms with Crippen LogP contribution in [0.5, 0.6) is 0 Å². The van der Waals surface area contributed by atoms with Crippen LogP contribution in [0.3, 0.4) is 0 Å². The smallest absolute Gasteiger partial charge is 0.481 e. The topological polar surface area (TPSA) is 304 Å². The molecule has 0 saturated carbocycles. The summed E-state index contributed by atoms with van der Waals surface area (Å²) < 4.78 is 17.2. The monoisotopic (exact) mass is 1890 g/mol. The first-order valence-corrected chi connectivity index (χ1v) is 44.7. The molecule has 0 bridgehead atoms. The van der Waals surface area contributed by atoms with Gasteiger partial charge in [0.05, 0.1) is 62.4 Å². The highest BCUT2D eigenvalue weighted by Gasteiger charge is 2.52. The quantitative estimate of drug-likeness (QED) is 0.0299. The number of carbonyl (C=O) groups excluding carboxylic acids is 3. The zero-order valence-corrected chi connectivity index (χ0v) is 77.5. The average Bonchev–Trinajstić information content (AvgIpc) is 1.54. The minimum Gasteiger partial charge on any atom is -0.481 e. The van der Waals surface area contributed by atoms with E-state index in [9.17, 15) is 14.4 Å². The van der Waals surface area contributed by atoms with Crippen molar-refractivity contribution in [1.29, 1.82) is 0 Å². The maximum Gasteiger partial charge on any atom is 0.494 e. The van der Waals surface area contributed by atoms with Gasteiger partial charge in [0.1, 0.15) is 57.3 Å². The van der Waals surface area contributed by atoms with Gasteiger partial charge in [0.25, 0.3) is 17.5 Å². The lowest BCUT2D eigenvalue weighted by molar-refractivity contribution is -0.134. The number of aliphatic imine (C=N–C) groups is 1. The summed E-state index contributed by atoms with van der Waals surface area (Å²) >= 11 is 31.2. The van der Waals surface area contributed by atoms with Gasteiger partial charge in [-0.1, -0.05) is 198 Å². The molecule has 2 atom stereocenters. The van der Waals surface area contributed by atoms with Gasteiger partial charge in [0.2, 0.25) is 0 Å². The predicted molar refractivity (Wildman–Crippen MR) is 542 cm³/mol. The summed E-state index contributed by atoms with van der Waals surface area (Å²) in [6, 6.07) is 99.9. The molecule has 22 nitrogen and oxygen atoms in total. The largest absolute Gasteiger partial charge is 0.494 e. The zero-order valence-electron chi connectivity index (χ0n) is 73.8. The minimum atomic E-state index is -0.833. The van der Waals surface area contributed by atoms with Crippen molar-refractivity contribution in [3.63, 3.8) is 0 Å². The third kappa shape index (κ3) is 20.2. The van der Waals surface area contributed by atoms with Crippen LogP contribution in [0.15, 0.2) is 370 Å². The van der Waals surface area contributed by atoms with Gasteiger partial charge in [-0.05, 0) is 231 Å². The highest BCUT2D eigenvalue weighted by molar-refractivity contribution is 6.62. The van der Waals surface area contributed by atoms with Crippen molar-refractivity contribution in [2.24, 2.45) is 4.99 Å². The summed E-state index contributed by atoms with van der Waals surface area (Å²) in [6.45, 7) is 9.40. The van der Waals surface area contributed by atoms with Crippen LogP contribution in [0.25, 0.3) is 122 Å². The first kappa shape index (κ1) is 93.9. The number of para-hydroxylation sites is 2. The Balaban J connectivity index is 0.000000126. The van der Waals surface area contributed by atoms with Crippen molar-refractivity contribution in [2.75, 3.05) is 0 Å². The van der Waals surface area contributed by atoms with Crippen LogP contribution >= 0.6 is 58.0 Å². The average molecular weight is 1890 g/mol. The Labute approximate surface area is 807 Å². The molecule has 2 unspecified atom stereocenters. The normalized spacial score (nSPS) is 13.8. The van der Waals surface area contributed by atoms with Crippen molar-refractivity contribution < 1.29 is 33.6 Å². The van der Waals surface area contributed by atoms with E-state index in [1.165, 1.54) is 24.5 Å². The fraction of sp³-hybridized carbons (Fsp3) is 0.0833. The maximum atomic E-state index is 11.7. The van der Waals surface area contributed by atoms with Crippen molar-refractivity contribution in [3.05, 3.63) is 424 Å². The molecular weight excluding hydrogens is 1810 g/mol. The molecule has 1 saturated heterocycles. The number of fused-ring (bicyclic) bond motifs is 12. The first-order chi connectivity index (χ1) is 65.6. The van der Waals surface area contributed by atoms with Gasteiger partial charge >= 0.3 is 7.12 Å². The Morgan fingerprint density at radius 3 is 1.24 bits per heavy atom. The molecule has 1 fully saturated rings. The molecule has 2 aliphatic heterocycles. The molecule has 2 aliphatic rings. The van der Waals surface area contributed by atoms with E-state index >= 15 is 0 Å². The second-order valence-corrected chi connectivity index (χ2v) is 34.2. The summed E-state index contributed by atoms with van der Waals surface area (Å²) in [5.41, 5.74) is 17.8. The summed E-state index contributed by atoms with van der Waals surface area (Å²) in [6.07, 6.45) is 14.5. The molecule has 12 aromatic heterocycles. The molecular formula is C108H83BCl5N15O7. The van der Waals surface area contributed by atoms with Gasteiger partial charge in [-0.25, -0.2) is 9.97 Å². The maximum absolute atomic E-state index is 11.7. The number of ketones is 2. The van der Waals surface area contributed by atoms with Gasteiger partial charge in [0, 0.05) is 125 Å². The van der Waals surface area contributed by atoms with Crippen molar-refractivity contribution in [3.8, 4) is 67.8 Å². The minimum absolute atomic E-state index is 0. The van der Waals surface area contributed by atoms with Gasteiger partial charge in [-0.3, -0.25) is 72.8 Å². The number of nitrogens with one attached hydrogen (secondary N) is 1. The fourth-order valence-electron chi connectivity index (χ4n) is 15.9. The number of benzene rings is 8. The molecule has 14 heterocycles. The molecule has 8 aromatic carbocycles. The van der Waals surface area contributed by atoms with Crippen LogP contribution in [0.2, 0.25) is 25.1 Å². The summed E-state index contributed by atoms with van der Waals surface area (Å²) in [5.74, 6) is -1.35. The van der Waals surface area contributed by atoms with E-state index in [4.69, 9.17) is 97.2 Å². The second-order valence-electron chi connectivity index (χ2n) is 32.1. The number of carboxylic acids is 1. The molecule has 136 heavy (non-hydrogen) atoms. The predicted octanol–water partition coefficient (Wildman–Crippen LogP) is 25.0. The number of aldehydes is 1. The van der Waals surface area contributed by atoms with Crippen molar-refractivity contribution in [2.45, 2.75) is 57.9 Å². The number of carboxylic acid groups (broad SMARTS) is 1. The molecule has 28 heteroatoms. The third-order valence-corrected chi connectivity index (χ3v) is 24.2. The van der Waals surface area contributed by atoms with E-state index in [0.29, 0.717) is 30.7 Å². The number of pyridine rings is 10. The Morgan fingerprint density at radius 2 is 0.779 bits per heavy atom. The number of imidazole rings is 2. The summed E-state index contributed by atoms with van der Waals surface area (Å²) in [7, 11) is -0.438. The lowest BCUT2D eigenvalue weighted by Crippen LogP contribution is -2.41. The summed E-state index contributed by atoms with van der Waals surface area (Å²) in [5, 5.41) is 20.7. The van der Waals surface area contributed by atoms with Crippen LogP contribution < -0.4 is 16.9 Å². The number of aromatic nitrogens is 12. The number of hydrogen-bond acceptors (Lipinski definition) is 19. The molecule has 0 aliphatic carbocycles. The van der Waals surface area contributed by atoms with Crippen LogP contribution in [0.4, 0.5) is 0 Å². The second kappa shape index (κ2) is 41.9. The van der Waals surface area contributed by atoms with Gasteiger partial charge in [0.15, 0.2) is 6.29 Å². The zero-order chi connectivity index (χ0) is 93.9. The van der Waals surface area contributed by atoms with Crippen molar-refractivity contribution in [1.82, 2.24) is 70.1 Å². The van der Waals surface area contributed by atoms with Gasteiger partial charge in [-0.15, -0.1) is 0 Å². The van der Waals surface area contributed by atoms with Crippen LogP contribution in [-0.2, 0) is 14.1 Å². The Bertz CT molecular complexity index is 7740.